The zero-order valence-corrected chi connectivity index (χ0v) is 21.5. The van der Waals surface area contributed by atoms with Crippen LogP contribution in [0.1, 0.15) is 11.3 Å². The van der Waals surface area contributed by atoms with E-state index in [1.54, 1.807) is 16.9 Å². The summed E-state index contributed by atoms with van der Waals surface area (Å²) in [4.78, 5) is 15.5. The minimum atomic E-state index is -0.549. The summed E-state index contributed by atoms with van der Waals surface area (Å²) < 4.78 is 34.2. The lowest BCUT2D eigenvalue weighted by Crippen LogP contribution is -2.46. The number of nitrogens with two attached hydrogens (primary N) is 1. The smallest absolute Gasteiger partial charge is 0.254 e. The van der Waals surface area contributed by atoms with Gasteiger partial charge in [-0.15, -0.1) is 12.4 Å². The van der Waals surface area contributed by atoms with Crippen molar-refractivity contribution in [3.63, 3.8) is 0 Å². The first-order valence-corrected chi connectivity index (χ1v) is 12.1. The van der Waals surface area contributed by atoms with E-state index in [2.05, 4.69) is 26.0 Å². The fourth-order valence-electron chi connectivity index (χ4n) is 4.52. The monoisotopic (exact) mass is 532 g/mol. The average molecular weight is 533 g/mol. The molecule has 3 aromatic rings. The Hall–Kier alpha value is -3.28. The first kappa shape index (κ1) is 26.8. The summed E-state index contributed by atoms with van der Waals surface area (Å²) in [5.41, 5.74) is 8.56. The van der Waals surface area contributed by atoms with Crippen LogP contribution in [0.5, 0.6) is 0 Å². The van der Waals surface area contributed by atoms with Crippen molar-refractivity contribution in [2.75, 3.05) is 74.6 Å². The molecule has 0 bridgehead atoms. The topological polar surface area (TPSA) is 88.6 Å². The number of rotatable bonds is 6. The highest BCUT2D eigenvalue weighted by molar-refractivity contribution is 5.85. The van der Waals surface area contributed by atoms with E-state index in [-0.39, 0.29) is 12.4 Å². The van der Waals surface area contributed by atoms with E-state index in [0.29, 0.717) is 43.8 Å². The number of ether oxygens (including phenoxy) is 1. The highest BCUT2D eigenvalue weighted by Crippen LogP contribution is 2.21. The molecule has 0 radical (unpaired) electrons. The quantitative estimate of drug-likeness (QED) is 0.518. The van der Waals surface area contributed by atoms with Crippen LogP contribution in [-0.4, -0.2) is 83.7 Å². The van der Waals surface area contributed by atoms with Crippen molar-refractivity contribution in [2.24, 2.45) is 0 Å². The van der Waals surface area contributed by atoms with Crippen LogP contribution in [0.25, 0.3) is 12.0 Å². The lowest BCUT2D eigenvalue weighted by atomic mass is 10.2. The molecule has 4 heterocycles. The van der Waals surface area contributed by atoms with Crippen LogP contribution >= 0.6 is 12.4 Å². The number of benzene rings is 1. The largest absolute Gasteiger partial charge is 0.383 e. The Labute approximate surface area is 220 Å². The first-order chi connectivity index (χ1) is 17.5. The summed E-state index contributed by atoms with van der Waals surface area (Å²) in [6, 6.07) is 5.44. The minimum absolute atomic E-state index is 0. The SMILES string of the molecule is Cc1c(C=CCN2CCN(c3cc(F)cc(F)c3)CC2)cnn1-c1nc(N)cc(N2CCOCC2)n1.Cl. The van der Waals surface area contributed by atoms with E-state index in [1.165, 1.54) is 12.1 Å². The van der Waals surface area contributed by atoms with Crippen LogP contribution in [0.3, 0.4) is 0 Å². The van der Waals surface area contributed by atoms with Crippen LogP contribution in [-0.2, 0) is 4.74 Å². The number of anilines is 3. The van der Waals surface area contributed by atoms with Gasteiger partial charge in [-0.1, -0.05) is 12.2 Å². The predicted octanol–water partition coefficient (Wildman–Crippen LogP) is 2.92. The van der Waals surface area contributed by atoms with E-state index in [0.717, 1.165) is 55.9 Å². The summed E-state index contributed by atoms with van der Waals surface area (Å²) in [7, 11) is 0. The molecule has 0 aliphatic carbocycles. The normalized spacial score (nSPS) is 16.8. The van der Waals surface area contributed by atoms with Gasteiger partial charge < -0.3 is 20.3 Å². The van der Waals surface area contributed by atoms with Crippen LogP contribution < -0.4 is 15.5 Å². The highest BCUT2D eigenvalue weighted by Gasteiger charge is 2.19. The second-order valence-electron chi connectivity index (χ2n) is 8.97. The molecule has 2 fully saturated rings. The summed E-state index contributed by atoms with van der Waals surface area (Å²) in [5, 5.41) is 4.50. The van der Waals surface area contributed by atoms with Crippen molar-refractivity contribution in [3.8, 4) is 5.95 Å². The molecule has 1 aromatic carbocycles. The summed E-state index contributed by atoms with van der Waals surface area (Å²) in [5.74, 6) is 0.513. The molecule has 0 atom stereocenters. The molecule has 2 aliphatic rings. The molecule has 0 saturated carbocycles. The zero-order valence-electron chi connectivity index (χ0n) is 20.7. The average Bonchev–Trinajstić information content (AvgIpc) is 3.24. The van der Waals surface area contributed by atoms with Crippen molar-refractivity contribution in [1.82, 2.24) is 24.6 Å². The van der Waals surface area contributed by atoms with Crippen molar-refractivity contribution in [1.29, 1.82) is 0 Å². The van der Waals surface area contributed by atoms with Crippen molar-refractivity contribution in [3.05, 3.63) is 59.4 Å². The zero-order chi connectivity index (χ0) is 25.1. The third kappa shape index (κ3) is 6.35. The molecule has 9 nitrogen and oxygen atoms in total. The van der Waals surface area contributed by atoms with E-state index in [9.17, 15) is 8.78 Å². The van der Waals surface area contributed by atoms with Gasteiger partial charge in [-0.2, -0.15) is 15.1 Å². The number of morpholine rings is 1. The molecule has 0 unspecified atom stereocenters. The van der Waals surface area contributed by atoms with Gasteiger partial charge in [0.25, 0.3) is 5.95 Å². The van der Waals surface area contributed by atoms with Gasteiger partial charge in [-0.05, 0) is 19.1 Å². The molecule has 12 heteroatoms. The Kier molecular flexibility index (Phi) is 8.57. The standard InChI is InChI=1S/C25H30F2N8O.ClH/c1-18-19(3-2-4-32-5-7-33(8-6-32)22-14-20(26)13-21(27)15-22)17-29-35(18)25-30-23(28)16-24(31-25)34-9-11-36-12-10-34;/h2-3,13-17H,4-12H2,1H3,(H2,28,30,31);1H. The Balaban J connectivity index is 0.00000320. The summed E-state index contributed by atoms with van der Waals surface area (Å²) in [6.07, 6.45) is 5.94. The van der Waals surface area contributed by atoms with Crippen LogP contribution in [0, 0.1) is 18.6 Å². The lowest BCUT2D eigenvalue weighted by Gasteiger charge is -2.35. The van der Waals surface area contributed by atoms with Crippen LogP contribution in [0.15, 0.2) is 36.5 Å². The Morgan fingerprint density at radius 2 is 1.65 bits per heavy atom. The molecular weight excluding hydrogens is 502 g/mol. The Morgan fingerprint density at radius 3 is 2.35 bits per heavy atom. The summed E-state index contributed by atoms with van der Waals surface area (Å²) in [6.45, 7) is 8.63. The number of hydrogen-bond acceptors (Lipinski definition) is 8. The molecule has 2 saturated heterocycles. The summed E-state index contributed by atoms with van der Waals surface area (Å²) >= 11 is 0. The van der Waals surface area contributed by atoms with Gasteiger partial charge in [0.05, 0.1) is 25.1 Å². The molecule has 2 aliphatic heterocycles. The van der Waals surface area contributed by atoms with Gasteiger partial charge in [0, 0.05) is 69.2 Å². The van der Waals surface area contributed by atoms with Crippen molar-refractivity contribution >= 4 is 35.8 Å². The molecule has 2 aromatic heterocycles. The fraction of sp³-hybridized carbons (Fsp3) is 0.400. The van der Waals surface area contributed by atoms with Gasteiger partial charge in [0.1, 0.15) is 23.3 Å². The van der Waals surface area contributed by atoms with E-state index >= 15 is 0 Å². The maximum absolute atomic E-state index is 13.5. The molecule has 2 N–H and O–H groups in total. The van der Waals surface area contributed by atoms with Gasteiger partial charge in [0.15, 0.2) is 0 Å². The molecule has 198 valence electrons. The molecule has 5 rings (SSSR count). The third-order valence-corrected chi connectivity index (χ3v) is 6.54. The van der Waals surface area contributed by atoms with Crippen LogP contribution in [0.2, 0.25) is 0 Å². The predicted molar refractivity (Wildman–Crippen MR) is 143 cm³/mol. The second kappa shape index (κ2) is 11.8. The number of nitrogen functional groups attached to an aromatic ring is 1. The number of nitrogens with zero attached hydrogens (tertiary/aromatic N) is 7. The third-order valence-electron chi connectivity index (χ3n) is 6.54. The minimum Gasteiger partial charge on any atom is -0.383 e. The van der Waals surface area contributed by atoms with Crippen molar-refractivity contribution in [2.45, 2.75) is 6.92 Å². The maximum Gasteiger partial charge on any atom is 0.254 e. The van der Waals surface area contributed by atoms with Crippen molar-refractivity contribution < 1.29 is 13.5 Å². The van der Waals surface area contributed by atoms with Gasteiger partial charge >= 0.3 is 0 Å². The first-order valence-electron chi connectivity index (χ1n) is 12.1. The highest BCUT2D eigenvalue weighted by atomic mass is 35.5. The van der Waals surface area contributed by atoms with Crippen LogP contribution in [0.4, 0.5) is 26.1 Å². The number of aromatic nitrogens is 4. The molecular formula is C25H31ClF2N8O. The van der Waals surface area contributed by atoms with E-state index in [4.69, 9.17) is 15.5 Å². The van der Waals surface area contributed by atoms with Gasteiger partial charge in [-0.3, -0.25) is 4.90 Å². The number of hydrogen-bond donors (Lipinski definition) is 1. The molecule has 0 amide bonds. The Bertz CT molecular complexity index is 1220. The Morgan fingerprint density at radius 1 is 0.946 bits per heavy atom. The molecule has 37 heavy (non-hydrogen) atoms. The lowest BCUT2D eigenvalue weighted by molar-refractivity contribution is 0.122. The second-order valence-corrected chi connectivity index (χ2v) is 8.97. The molecule has 0 spiro atoms. The van der Waals surface area contributed by atoms with E-state index in [1.807, 2.05) is 17.9 Å². The number of halogens is 3. The maximum atomic E-state index is 13.5. The van der Waals surface area contributed by atoms with Gasteiger partial charge in [-0.25, -0.2) is 13.5 Å². The number of piperazine rings is 1. The van der Waals surface area contributed by atoms with E-state index < -0.39 is 11.6 Å². The fourth-order valence-corrected chi connectivity index (χ4v) is 4.52. The van der Waals surface area contributed by atoms with Gasteiger partial charge in [0.2, 0.25) is 0 Å².